The smallest absolute Gasteiger partial charge is 0.260 e. The third kappa shape index (κ3) is 4.57. The first-order valence-corrected chi connectivity index (χ1v) is 10.5. The standard InChI is InChI=1S/C23H21BrN2O4/c24-19-6-4-17-14-21(7-5-16(17)12-19)30-15-22(28)25-8-10-26(11-9-25)23(29)18-2-1-3-20(27)13-18/h1-7,12-14,27H,8-11,15H2. The highest BCUT2D eigenvalue weighted by Gasteiger charge is 2.25. The third-order valence-corrected chi connectivity index (χ3v) is 5.64. The lowest BCUT2D eigenvalue weighted by Crippen LogP contribution is -2.51. The van der Waals surface area contributed by atoms with Gasteiger partial charge in [0.1, 0.15) is 11.5 Å². The highest BCUT2D eigenvalue weighted by molar-refractivity contribution is 9.10. The average Bonchev–Trinajstić information content (AvgIpc) is 2.77. The second-order valence-electron chi connectivity index (χ2n) is 7.17. The van der Waals surface area contributed by atoms with Crippen molar-refractivity contribution in [3.05, 3.63) is 70.7 Å². The number of nitrogens with zero attached hydrogens (tertiary/aromatic N) is 2. The van der Waals surface area contributed by atoms with Crippen LogP contribution in [-0.4, -0.2) is 59.5 Å². The van der Waals surface area contributed by atoms with Gasteiger partial charge >= 0.3 is 0 Å². The summed E-state index contributed by atoms with van der Waals surface area (Å²) in [4.78, 5) is 28.5. The lowest BCUT2D eigenvalue weighted by molar-refractivity contribution is -0.134. The molecule has 1 fully saturated rings. The number of halogens is 1. The zero-order valence-corrected chi connectivity index (χ0v) is 17.8. The van der Waals surface area contributed by atoms with Crippen molar-refractivity contribution in [3.8, 4) is 11.5 Å². The molecule has 7 heteroatoms. The minimum absolute atomic E-state index is 0.0391. The lowest BCUT2D eigenvalue weighted by Gasteiger charge is -2.34. The molecule has 6 nitrogen and oxygen atoms in total. The topological polar surface area (TPSA) is 70.1 Å². The van der Waals surface area contributed by atoms with Gasteiger partial charge in [0, 0.05) is 36.2 Å². The Morgan fingerprint density at radius 2 is 1.60 bits per heavy atom. The van der Waals surface area contributed by atoms with Crippen molar-refractivity contribution >= 4 is 38.5 Å². The quantitative estimate of drug-likeness (QED) is 0.633. The molecule has 4 rings (SSSR count). The van der Waals surface area contributed by atoms with E-state index < -0.39 is 0 Å². The van der Waals surface area contributed by atoms with Gasteiger partial charge in [-0.15, -0.1) is 0 Å². The molecule has 0 spiro atoms. The van der Waals surface area contributed by atoms with E-state index in [-0.39, 0.29) is 24.2 Å². The second kappa shape index (κ2) is 8.75. The van der Waals surface area contributed by atoms with Crippen LogP contribution in [0.5, 0.6) is 11.5 Å². The van der Waals surface area contributed by atoms with Crippen LogP contribution in [0.15, 0.2) is 65.1 Å². The van der Waals surface area contributed by atoms with Crippen LogP contribution in [0.2, 0.25) is 0 Å². The molecule has 3 aromatic rings. The normalized spacial score (nSPS) is 14.0. The van der Waals surface area contributed by atoms with Crippen molar-refractivity contribution in [3.63, 3.8) is 0 Å². The number of aromatic hydroxyl groups is 1. The van der Waals surface area contributed by atoms with E-state index in [1.807, 2.05) is 36.4 Å². The number of phenolic OH excluding ortho intramolecular Hbond substituents is 1. The number of ether oxygens (including phenoxy) is 1. The van der Waals surface area contributed by atoms with Gasteiger partial charge in [0.2, 0.25) is 0 Å². The van der Waals surface area contributed by atoms with Crippen LogP contribution in [0.3, 0.4) is 0 Å². The summed E-state index contributed by atoms with van der Waals surface area (Å²) in [6.45, 7) is 1.77. The third-order valence-electron chi connectivity index (χ3n) is 5.15. The molecule has 0 bridgehead atoms. The fourth-order valence-corrected chi connectivity index (χ4v) is 3.88. The van der Waals surface area contributed by atoms with Crippen LogP contribution < -0.4 is 4.74 Å². The number of piperazine rings is 1. The number of hydrogen-bond donors (Lipinski definition) is 1. The van der Waals surface area contributed by atoms with Crippen molar-refractivity contribution in [2.45, 2.75) is 0 Å². The Bertz CT molecular complexity index is 1090. The number of carbonyl (C=O) groups excluding carboxylic acids is 2. The van der Waals surface area contributed by atoms with Crippen molar-refractivity contribution in [2.24, 2.45) is 0 Å². The van der Waals surface area contributed by atoms with Crippen LogP contribution in [0.4, 0.5) is 0 Å². The van der Waals surface area contributed by atoms with Crippen LogP contribution in [-0.2, 0) is 4.79 Å². The molecule has 1 saturated heterocycles. The Balaban J connectivity index is 1.30. The Kier molecular flexibility index (Phi) is 5.90. The maximum absolute atomic E-state index is 12.6. The Morgan fingerprint density at radius 1 is 0.900 bits per heavy atom. The van der Waals surface area contributed by atoms with E-state index in [9.17, 15) is 14.7 Å². The molecule has 0 saturated carbocycles. The zero-order chi connectivity index (χ0) is 21.1. The lowest BCUT2D eigenvalue weighted by atomic mass is 10.1. The molecule has 0 aromatic heterocycles. The van der Waals surface area contributed by atoms with Crippen molar-refractivity contribution in [1.29, 1.82) is 0 Å². The Labute approximate surface area is 182 Å². The molecular formula is C23H21BrN2O4. The molecule has 30 heavy (non-hydrogen) atoms. The Morgan fingerprint density at radius 3 is 2.37 bits per heavy atom. The molecule has 0 unspecified atom stereocenters. The summed E-state index contributed by atoms with van der Waals surface area (Å²) < 4.78 is 6.72. The van der Waals surface area contributed by atoms with Gasteiger partial charge in [-0.05, 0) is 53.2 Å². The average molecular weight is 469 g/mol. The van der Waals surface area contributed by atoms with Crippen LogP contribution in [0, 0.1) is 0 Å². The largest absolute Gasteiger partial charge is 0.508 e. The molecule has 0 aliphatic carbocycles. The molecular weight excluding hydrogens is 448 g/mol. The number of phenols is 1. The van der Waals surface area contributed by atoms with E-state index in [1.165, 1.54) is 12.1 Å². The summed E-state index contributed by atoms with van der Waals surface area (Å²) in [5.74, 6) is 0.469. The maximum Gasteiger partial charge on any atom is 0.260 e. The van der Waals surface area contributed by atoms with Crippen LogP contribution >= 0.6 is 15.9 Å². The van der Waals surface area contributed by atoms with Crippen molar-refractivity contribution in [1.82, 2.24) is 9.80 Å². The van der Waals surface area contributed by atoms with Gasteiger partial charge < -0.3 is 19.6 Å². The van der Waals surface area contributed by atoms with Gasteiger partial charge in [0.15, 0.2) is 6.61 Å². The van der Waals surface area contributed by atoms with Gasteiger partial charge in [-0.25, -0.2) is 0 Å². The predicted molar refractivity (Wildman–Crippen MR) is 118 cm³/mol. The van der Waals surface area contributed by atoms with Crippen molar-refractivity contribution in [2.75, 3.05) is 32.8 Å². The number of benzene rings is 3. The first kappa shape index (κ1) is 20.2. The number of carbonyl (C=O) groups is 2. The Hall–Kier alpha value is -3.06. The van der Waals surface area contributed by atoms with Crippen LogP contribution in [0.25, 0.3) is 10.8 Å². The van der Waals surface area contributed by atoms with Crippen molar-refractivity contribution < 1.29 is 19.4 Å². The van der Waals surface area contributed by atoms with Gasteiger partial charge in [-0.1, -0.05) is 34.1 Å². The van der Waals surface area contributed by atoms with E-state index in [0.29, 0.717) is 37.5 Å². The summed E-state index contributed by atoms with van der Waals surface area (Å²) in [6.07, 6.45) is 0. The second-order valence-corrected chi connectivity index (χ2v) is 8.08. The first-order valence-electron chi connectivity index (χ1n) is 9.68. The van der Waals surface area contributed by atoms with Gasteiger partial charge in [-0.3, -0.25) is 9.59 Å². The van der Waals surface area contributed by atoms with Gasteiger partial charge in [0.05, 0.1) is 0 Å². The number of hydrogen-bond acceptors (Lipinski definition) is 4. The fraction of sp³-hybridized carbons (Fsp3) is 0.217. The highest BCUT2D eigenvalue weighted by atomic mass is 79.9. The van der Waals surface area contributed by atoms with Crippen LogP contribution in [0.1, 0.15) is 10.4 Å². The summed E-state index contributed by atoms with van der Waals surface area (Å²) in [6, 6.07) is 18.0. The van der Waals surface area contributed by atoms with E-state index in [4.69, 9.17) is 4.74 Å². The molecule has 2 amide bonds. The molecule has 1 aliphatic rings. The summed E-state index contributed by atoms with van der Waals surface area (Å²) >= 11 is 3.46. The number of rotatable bonds is 4. The molecule has 154 valence electrons. The minimum Gasteiger partial charge on any atom is -0.508 e. The van der Waals surface area contributed by atoms with E-state index >= 15 is 0 Å². The SMILES string of the molecule is O=C(COc1ccc2cc(Br)ccc2c1)N1CCN(C(=O)c2cccc(O)c2)CC1. The maximum atomic E-state index is 12.6. The highest BCUT2D eigenvalue weighted by Crippen LogP contribution is 2.24. The number of fused-ring (bicyclic) bond motifs is 1. The molecule has 1 aliphatic heterocycles. The monoisotopic (exact) mass is 468 g/mol. The molecule has 0 radical (unpaired) electrons. The summed E-state index contributed by atoms with van der Waals surface area (Å²) in [7, 11) is 0. The minimum atomic E-state index is -0.142. The van der Waals surface area contributed by atoms with E-state index in [2.05, 4.69) is 15.9 Å². The van der Waals surface area contributed by atoms with Gasteiger partial charge in [-0.2, -0.15) is 0 Å². The molecule has 3 aromatic carbocycles. The molecule has 0 atom stereocenters. The summed E-state index contributed by atoms with van der Waals surface area (Å²) in [5.41, 5.74) is 0.446. The zero-order valence-electron chi connectivity index (χ0n) is 16.3. The van der Waals surface area contributed by atoms with E-state index in [0.717, 1.165) is 15.2 Å². The predicted octanol–water partition coefficient (Wildman–Crippen LogP) is 3.67. The van der Waals surface area contributed by atoms with Gasteiger partial charge in [0.25, 0.3) is 11.8 Å². The number of amides is 2. The molecule has 1 heterocycles. The van der Waals surface area contributed by atoms with E-state index in [1.54, 1.807) is 21.9 Å². The first-order chi connectivity index (χ1) is 14.5. The fourth-order valence-electron chi connectivity index (χ4n) is 3.50. The summed E-state index contributed by atoms with van der Waals surface area (Å²) in [5, 5.41) is 11.7. The molecule has 1 N–H and O–H groups in total.